The third-order valence-electron chi connectivity index (χ3n) is 3.78. The summed E-state index contributed by atoms with van der Waals surface area (Å²) in [4.78, 5) is 18.7. The van der Waals surface area contributed by atoms with Gasteiger partial charge in [-0.1, -0.05) is 29.8 Å². The van der Waals surface area contributed by atoms with Gasteiger partial charge in [0, 0.05) is 36.0 Å². The van der Waals surface area contributed by atoms with Crippen LogP contribution in [0.3, 0.4) is 0 Å². The molecular weight excluding hydrogens is 280 g/mol. The summed E-state index contributed by atoms with van der Waals surface area (Å²) in [5, 5.41) is 0. The molecule has 1 atom stereocenters. The van der Waals surface area contributed by atoms with Crippen molar-refractivity contribution in [3.05, 3.63) is 65.5 Å². The molecule has 1 aromatic carbocycles. The van der Waals surface area contributed by atoms with E-state index in [0.29, 0.717) is 5.56 Å². The smallest absolute Gasteiger partial charge is 0.254 e. The minimum absolute atomic E-state index is 0.100. The predicted molar refractivity (Wildman–Crippen MR) is 86.5 cm³/mol. The molecule has 1 amide bonds. The summed E-state index contributed by atoms with van der Waals surface area (Å²) in [5.41, 5.74) is 3.18. The van der Waals surface area contributed by atoms with Crippen molar-refractivity contribution >= 4 is 17.7 Å². The zero-order valence-electron chi connectivity index (χ0n) is 12.0. The number of nitrogens with zero attached hydrogens (tertiary/aromatic N) is 2. The van der Waals surface area contributed by atoms with Crippen LogP contribution in [-0.4, -0.2) is 33.8 Å². The minimum Gasteiger partial charge on any atom is -0.330 e. The summed E-state index contributed by atoms with van der Waals surface area (Å²) in [5.74, 6) is 2.06. The van der Waals surface area contributed by atoms with E-state index in [1.54, 1.807) is 24.5 Å². The van der Waals surface area contributed by atoms with E-state index in [-0.39, 0.29) is 11.9 Å². The fraction of sp³-hybridized carbons (Fsp3) is 0.294. The Labute approximate surface area is 129 Å². The lowest BCUT2D eigenvalue weighted by Crippen LogP contribution is -2.40. The second-order valence-electron chi connectivity index (χ2n) is 5.24. The van der Waals surface area contributed by atoms with E-state index < -0.39 is 0 Å². The second kappa shape index (κ2) is 6.31. The molecule has 2 aromatic rings. The summed E-state index contributed by atoms with van der Waals surface area (Å²) >= 11 is 1.91. The Morgan fingerprint density at radius 2 is 1.90 bits per heavy atom. The third kappa shape index (κ3) is 3.10. The van der Waals surface area contributed by atoms with Crippen LogP contribution < -0.4 is 0 Å². The van der Waals surface area contributed by atoms with Gasteiger partial charge in [-0.3, -0.25) is 9.78 Å². The van der Waals surface area contributed by atoms with Crippen LogP contribution in [0.1, 0.15) is 27.5 Å². The van der Waals surface area contributed by atoms with E-state index >= 15 is 0 Å². The van der Waals surface area contributed by atoms with Crippen LogP contribution in [-0.2, 0) is 0 Å². The number of amides is 1. The Bertz CT molecular complexity index is 612. The highest BCUT2D eigenvalue weighted by Gasteiger charge is 2.28. The number of rotatable bonds is 2. The van der Waals surface area contributed by atoms with E-state index in [1.807, 2.05) is 16.7 Å². The molecule has 1 aliphatic rings. The lowest BCUT2D eigenvalue weighted by molar-refractivity contribution is 0.0701. The van der Waals surface area contributed by atoms with Crippen molar-refractivity contribution in [1.82, 2.24) is 9.88 Å². The van der Waals surface area contributed by atoms with Crippen LogP contribution in [0.25, 0.3) is 0 Å². The largest absolute Gasteiger partial charge is 0.330 e. The van der Waals surface area contributed by atoms with Gasteiger partial charge in [0.2, 0.25) is 0 Å². The average molecular weight is 298 g/mol. The highest BCUT2D eigenvalue weighted by Crippen LogP contribution is 2.30. The van der Waals surface area contributed by atoms with Crippen molar-refractivity contribution in [3.63, 3.8) is 0 Å². The molecule has 0 spiro atoms. The van der Waals surface area contributed by atoms with Gasteiger partial charge in [0.05, 0.1) is 6.04 Å². The number of carbonyl (C=O) groups excluding carboxylic acids is 1. The molecule has 0 bridgehead atoms. The number of hydrogen-bond acceptors (Lipinski definition) is 3. The maximum Gasteiger partial charge on any atom is 0.254 e. The number of aryl methyl sites for hydroxylation is 1. The number of aromatic nitrogens is 1. The van der Waals surface area contributed by atoms with Crippen LogP contribution in [0.2, 0.25) is 0 Å². The molecule has 1 aliphatic heterocycles. The lowest BCUT2D eigenvalue weighted by atomic mass is 10.0. The molecule has 0 N–H and O–H groups in total. The summed E-state index contributed by atoms with van der Waals surface area (Å²) in [6, 6.07) is 12.2. The van der Waals surface area contributed by atoms with E-state index in [2.05, 4.69) is 36.2 Å². The molecule has 0 radical (unpaired) electrons. The summed E-state index contributed by atoms with van der Waals surface area (Å²) in [6.07, 6.45) is 3.35. The van der Waals surface area contributed by atoms with Gasteiger partial charge in [-0.25, -0.2) is 0 Å². The maximum atomic E-state index is 12.7. The molecule has 1 saturated heterocycles. The first-order valence-electron chi connectivity index (χ1n) is 7.11. The topological polar surface area (TPSA) is 33.2 Å². The molecule has 3 nitrogen and oxygen atoms in total. The summed E-state index contributed by atoms with van der Waals surface area (Å²) in [7, 11) is 0. The molecule has 4 heteroatoms. The fourth-order valence-corrected chi connectivity index (χ4v) is 3.66. The van der Waals surface area contributed by atoms with Crippen LogP contribution in [0.15, 0.2) is 48.8 Å². The first kappa shape index (κ1) is 14.1. The molecule has 0 aliphatic carbocycles. The van der Waals surface area contributed by atoms with E-state index in [9.17, 15) is 4.79 Å². The molecule has 108 valence electrons. The van der Waals surface area contributed by atoms with Crippen molar-refractivity contribution in [1.29, 1.82) is 0 Å². The number of thioether (sulfide) groups is 1. The molecular formula is C17H18N2OS. The lowest BCUT2D eigenvalue weighted by Gasteiger charge is -2.36. The number of carbonyl (C=O) groups is 1. The van der Waals surface area contributed by atoms with Crippen LogP contribution in [0, 0.1) is 6.92 Å². The fourth-order valence-electron chi connectivity index (χ4n) is 2.57. The van der Waals surface area contributed by atoms with Gasteiger partial charge in [-0.2, -0.15) is 11.8 Å². The number of pyridine rings is 1. The van der Waals surface area contributed by atoms with Crippen molar-refractivity contribution in [2.24, 2.45) is 0 Å². The van der Waals surface area contributed by atoms with Gasteiger partial charge in [0.15, 0.2) is 0 Å². The Morgan fingerprint density at radius 1 is 1.19 bits per heavy atom. The van der Waals surface area contributed by atoms with Crippen LogP contribution in [0.5, 0.6) is 0 Å². The van der Waals surface area contributed by atoms with E-state index in [1.165, 1.54) is 11.1 Å². The second-order valence-corrected chi connectivity index (χ2v) is 6.39. The van der Waals surface area contributed by atoms with Crippen molar-refractivity contribution in [2.45, 2.75) is 13.0 Å². The zero-order valence-corrected chi connectivity index (χ0v) is 12.8. The molecule has 21 heavy (non-hydrogen) atoms. The first-order valence-corrected chi connectivity index (χ1v) is 8.26. The van der Waals surface area contributed by atoms with Gasteiger partial charge in [0.1, 0.15) is 0 Å². The molecule has 1 unspecified atom stereocenters. The SMILES string of the molecule is Cc1ccc(C2CSCCN2C(=O)c2ccncc2)cc1. The Hall–Kier alpha value is -1.81. The van der Waals surface area contributed by atoms with Crippen molar-refractivity contribution < 1.29 is 4.79 Å². The molecule has 2 heterocycles. The Morgan fingerprint density at radius 3 is 2.62 bits per heavy atom. The maximum absolute atomic E-state index is 12.7. The summed E-state index contributed by atoms with van der Waals surface area (Å²) < 4.78 is 0. The minimum atomic E-state index is 0.100. The predicted octanol–water partition coefficient (Wildman–Crippen LogP) is 3.32. The Balaban J connectivity index is 1.88. The normalized spacial score (nSPS) is 18.5. The quantitative estimate of drug-likeness (QED) is 0.852. The van der Waals surface area contributed by atoms with Crippen LogP contribution >= 0.6 is 11.8 Å². The highest BCUT2D eigenvalue weighted by atomic mass is 32.2. The Kier molecular flexibility index (Phi) is 4.25. The standard InChI is InChI=1S/C17H18N2OS/c1-13-2-4-14(5-3-13)16-12-21-11-10-19(16)17(20)15-6-8-18-9-7-15/h2-9,16H,10-12H2,1H3. The molecule has 1 aromatic heterocycles. The third-order valence-corrected chi connectivity index (χ3v) is 4.80. The van der Waals surface area contributed by atoms with Gasteiger partial charge in [0.25, 0.3) is 5.91 Å². The molecule has 3 rings (SSSR count). The zero-order chi connectivity index (χ0) is 14.7. The highest BCUT2D eigenvalue weighted by molar-refractivity contribution is 7.99. The van der Waals surface area contributed by atoms with E-state index in [0.717, 1.165) is 18.1 Å². The van der Waals surface area contributed by atoms with Gasteiger partial charge in [-0.05, 0) is 24.6 Å². The van der Waals surface area contributed by atoms with Crippen molar-refractivity contribution in [3.8, 4) is 0 Å². The molecule has 0 saturated carbocycles. The monoisotopic (exact) mass is 298 g/mol. The first-order chi connectivity index (χ1) is 10.3. The van der Waals surface area contributed by atoms with Crippen molar-refractivity contribution in [2.75, 3.05) is 18.1 Å². The molecule has 1 fully saturated rings. The van der Waals surface area contributed by atoms with Crippen LogP contribution in [0.4, 0.5) is 0 Å². The van der Waals surface area contributed by atoms with Gasteiger partial charge < -0.3 is 4.90 Å². The average Bonchev–Trinajstić information content (AvgIpc) is 2.56. The van der Waals surface area contributed by atoms with Gasteiger partial charge >= 0.3 is 0 Å². The number of hydrogen-bond donors (Lipinski definition) is 0. The van der Waals surface area contributed by atoms with E-state index in [4.69, 9.17) is 0 Å². The summed E-state index contributed by atoms with van der Waals surface area (Å²) in [6.45, 7) is 2.88. The number of benzene rings is 1. The van der Waals surface area contributed by atoms with Gasteiger partial charge in [-0.15, -0.1) is 0 Å².